The monoisotopic (exact) mass is 511 g/mol. The number of pyridine rings is 1. The Labute approximate surface area is 185 Å². The number of aromatic nitrogens is 3. The molecule has 7 nitrogen and oxygen atoms in total. The van der Waals surface area contributed by atoms with Crippen molar-refractivity contribution in [3.63, 3.8) is 0 Å². The fraction of sp³-hybridized carbons (Fsp3) is 0.714. The molecular weight excluding hydrogens is 481 g/mol. The molecule has 5 heterocycles. The minimum atomic E-state index is 0.282. The van der Waals surface area contributed by atoms with Crippen molar-refractivity contribution >= 4 is 45.1 Å². The second-order valence-electron chi connectivity index (χ2n) is 8.94. The number of rotatable bonds is 4. The number of fused-ring (bicyclic) bond motifs is 3. The van der Waals surface area contributed by atoms with Crippen LogP contribution in [-0.4, -0.2) is 65.3 Å². The van der Waals surface area contributed by atoms with Gasteiger partial charge in [0.2, 0.25) is 0 Å². The van der Waals surface area contributed by atoms with Gasteiger partial charge in [0.05, 0.1) is 48.6 Å². The van der Waals surface area contributed by atoms with Crippen LogP contribution in [0.2, 0.25) is 0 Å². The van der Waals surface area contributed by atoms with Gasteiger partial charge in [-0.05, 0) is 69.0 Å². The molecule has 3 aliphatic rings. The normalized spacial score (nSPS) is 30.0. The molecular formula is C21H30IN5O2. The van der Waals surface area contributed by atoms with Crippen LogP contribution in [0.25, 0.3) is 11.0 Å². The van der Waals surface area contributed by atoms with Crippen molar-refractivity contribution in [2.75, 3.05) is 29.6 Å². The van der Waals surface area contributed by atoms with Crippen LogP contribution in [0.3, 0.4) is 0 Å². The number of hydrogen-bond donors (Lipinski definition) is 1. The topological polar surface area (TPSA) is 66.5 Å². The Bertz CT molecular complexity index is 871. The fourth-order valence-corrected chi connectivity index (χ4v) is 5.95. The van der Waals surface area contributed by atoms with Gasteiger partial charge in [-0.3, -0.25) is 5.10 Å². The third kappa shape index (κ3) is 3.61. The summed E-state index contributed by atoms with van der Waals surface area (Å²) in [5.74, 6) is 1.05. The highest BCUT2D eigenvalue weighted by Crippen LogP contribution is 2.39. The average molecular weight is 511 g/mol. The smallest absolute Gasteiger partial charge is 0.186 e. The Hall–Kier alpha value is -1.13. The van der Waals surface area contributed by atoms with Crippen LogP contribution in [0.4, 0.5) is 11.5 Å². The summed E-state index contributed by atoms with van der Waals surface area (Å²) >= 11 is 2.35. The molecule has 2 bridgehead atoms. The van der Waals surface area contributed by atoms with Crippen LogP contribution in [0, 0.1) is 3.70 Å². The maximum absolute atomic E-state index is 6.12. The Balaban J connectivity index is 1.51. The van der Waals surface area contributed by atoms with E-state index in [1.165, 1.54) is 18.5 Å². The molecule has 158 valence electrons. The van der Waals surface area contributed by atoms with Crippen LogP contribution in [0.1, 0.15) is 46.5 Å². The molecule has 0 radical (unpaired) electrons. The summed E-state index contributed by atoms with van der Waals surface area (Å²) in [5.41, 5.74) is 2.07. The lowest BCUT2D eigenvalue weighted by Gasteiger charge is -2.41. The minimum absolute atomic E-state index is 0.282. The summed E-state index contributed by atoms with van der Waals surface area (Å²) in [6.07, 6.45) is 5.10. The number of anilines is 2. The second-order valence-corrected chi connectivity index (χ2v) is 10.0. The average Bonchev–Trinajstić information content (AvgIpc) is 3.17. The van der Waals surface area contributed by atoms with Crippen LogP contribution in [0.15, 0.2) is 6.07 Å². The molecule has 4 atom stereocenters. The predicted octanol–water partition coefficient (Wildman–Crippen LogP) is 3.71. The number of halogens is 1. The van der Waals surface area contributed by atoms with Gasteiger partial charge >= 0.3 is 0 Å². The number of hydrogen-bond acceptors (Lipinski definition) is 6. The number of morpholine rings is 1. The Morgan fingerprint density at radius 1 is 1.24 bits per heavy atom. The van der Waals surface area contributed by atoms with E-state index >= 15 is 0 Å². The van der Waals surface area contributed by atoms with E-state index < -0.39 is 0 Å². The van der Waals surface area contributed by atoms with Crippen molar-refractivity contribution in [2.45, 2.75) is 76.8 Å². The van der Waals surface area contributed by atoms with Crippen molar-refractivity contribution in [3.8, 4) is 0 Å². The number of piperidine rings is 1. The number of aromatic amines is 1. The van der Waals surface area contributed by atoms with E-state index in [9.17, 15) is 0 Å². The van der Waals surface area contributed by atoms with Gasteiger partial charge in [-0.25, -0.2) is 4.98 Å². The summed E-state index contributed by atoms with van der Waals surface area (Å²) in [6, 6.07) is 3.59. The van der Waals surface area contributed by atoms with Gasteiger partial charge < -0.3 is 19.3 Å². The quantitative estimate of drug-likeness (QED) is 0.632. The lowest BCUT2D eigenvalue weighted by molar-refractivity contribution is -0.0107. The highest BCUT2D eigenvalue weighted by atomic mass is 127. The van der Waals surface area contributed by atoms with Gasteiger partial charge in [0.15, 0.2) is 5.65 Å². The Morgan fingerprint density at radius 2 is 2.00 bits per heavy atom. The van der Waals surface area contributed by atoms with E-state index in [1.54, 1.807) is 0 Å². The molecule has 3 aliphatic heterocycles. The molecule has 0 saturated carbocycles. The summed E-state index contributed by atoms with van der Waals surface area (Å²) in [6.45, 7) is 9.16. The molecule has 0 aromatic carbocycles. The molecule has 1 N–H and O–H groups in total. The zero-order valence-corrected chi connectivity index (χ0v) is 19.6. The van der Waals surface area contributed by atoms with E-state index in [-0.39, 0.29) is 6.10 Å². The second kappa shape index (κ2) is 7.85. The molecule has 3 fully saturated rings. The summed E-state index contributed by atoms with van der Waals surface area (Å²) in [7, 11) is 0. The Morgan fingerprint density at radius 3 is 2.69 bits per heavy atom. The van der Waals surface area contributed by atoms with Gasteiger partial charge in [0.25, 0.3) is 0 Å². The molecule has 0 amide bonds. The zero-order valence-electron chi connectivity index (χ0n) is 17.4. The molecule has 3 saturated heterocycles. The van der Waals surface area contributed by atoms with E-state index in [4.69, 9.17) is 14.5 Å². The lowest BCUT2D eigenvalue weighted by Crippen LogP contribution is -2.47. The first kappa shape index (κ1) is 19.8. The van der Waals surface area contributed by atoms with Crippen molar-refractivity contribution in [3.05, 3.63) is 9.77 Å². The van der Waals surface area contributed by atoms with E-state index in [0.717, 1.165) is 53.2 Å². The number of nitrogens with zero attached hydrogens (tertiary/aromatic N) is 4. The van der Waals surface area contributed by atoms with Crippen molar-refractivity contribution in [2.24, 2.45) is 0 Å². The molecule has 2 aromatic rings. The maximum atomic E-state index is 6.12. The van der Waals surface area contributed by atoms with E-state index in [0.29, 0.717) is 24.2 Å². The summed E-state index contributed by atoms with van der Waals surface area (Å²) < 4.78 is 13.0. The molecule has 5 rings (SSSR count). The largest absolute Gasteiger partial charge is 0.377 e. The molecule has 2 aromatic heterocycles. The summed E-state index contributed by atoms with van der Waals surface area (Å²) in [5, 5.41) is 8.82. The molecule has 0 aliphatic carbocycles. The van der Waals surface area contributed by atoms with Crippen LogP contribution in [0.5, 0.6) is 0 Å². The zero-order chi connectivity index (χ0) is 20.1. The van der Waals surface area contributed by atoms with Crippen molar-refractivity contribution in [1.29, 1.82) is 0 Å². The molecule has 2 unspecified atom stereocenters. The van der Waals surface area contributed by atoms with Gasteiger partial charge in [0.1, 0.15) is 9.52 Å². The molecule has 0 spiro atoms. The molecule has 8 heteroatoms. The first-order valence-corrected chi connectivity index (χ1v) is 11.9. The van der Waals surface area contributed by atoms with Crippen molar-refractivity contribution < 1.29 is 9.47 Å². The molecule has 29 heavy (non-hydrogen) atoms. The van der Waals surface area contributed by atoms with E-state index in [2.05, 4.69) is 69.4 Å². The SMILES string of the molecule is CC(C)O[C@@H]1CCN(c2cc(N3C4CCC3COC4)nc3n[nH]c(I)c23)[C@H](C)C1. The van der Waals surface area contributed by atoms with Gasteiger partial charge in [-0.2, -0.15) is 5.10 Å². The van der Waals surface area contributed by atoms with Crippen molar-refractivity contribution in [1.82, 2.24) is 15.2 Å². The highest BCUT2D eigenvalue weighted by Gasteiger charge is 2.39. The van der Waals surface area contributed by atoms with Crippen LogP contribution < -0.4 is 9.80 Å². The third-order valence-corrected chi connectivity index (χ3v) is 7.33. The minimum Gasteiger partial charge on any atom is -0.377 e. The lowest BCUT2D eigenvalue weighted by atomic mass is 9.99. The predicted molar refractivity (Wildman–Crippen MR) is 123 cm³/mol. The van der Waals surface area contributed by atoms with Crippen LogP contribution in [-0.2, 0) is 9.47 Å². The number of H-pyrrole nitrogens is 1. The summed E-state index contributed by atoms with van der Waals surface area (Å²) in [4.78, 5) is 10.00. The first-order valence-electron chi connectivity index (χ1n) is 10.8. The van der Waals surface area contributed by atoms with Gasteiger partial charge in [-0.1, -0.05) is 0 Å². The fourth-order valence-electron chi connectivity index (χ4n) is 5.31. The van der Waals surface area contributed by atoms with Gasteiger partial charge in [-0.15, -0.1) is 0 Å². The first-order chi connectivity index (χ1) is 14.0. The maximum Gasteiger partial charge on any atom is 0.186 e. The highest BCUT2D eigenvalue weighted by molar-refractivity contribution is 14.1. The Kier molecular flexibility index (Phi) is 5.36. The van der Waals surface area contributed by atoms with Crippen LogP contribution >= 0.6 is 22.6 Å². The van der Waals surface area contributed by atoms with Gasteiger partial charge in [0, 0.05) is 18.7 Å². The standard InChI is InChI=1S/C21H30IN5O2/c1-12(2)29-16-6-7-26(13(3)8-16)17-9-18(23-21-19(17)20(22)24-25-21)27-14-4-5-15(27)11-28-10-14/h9,12-16H,4-8,10-11H2,1-3H3,(H,23,24,25)/t13-,14?,15?,16-/m1/s1. The number of nitrogens with one attached hydrogen (secondary N) is 1. The number of ether oxygens (including phenoxy) is 2. The third-order valence-electron chi connectivity index (χ3n) is 6.55. The van der Waals surface area contributed by atoms with E-state index in [1.807, 2.05) is 0 Å².